The van der Waals surface area contributed by atoms with E-state index in [2.05, 4.69) is 10.2 Å². The molecule has 1 amide bonds. The molecule has 1 aromatic rings. The van der Waals surface area contributed by atoms with Crippen LogP contribution in [0.5, 0.6) is 0 Å². The zero-order valence-electron chi connectivity index (χ0n) is 13.9. The average molecular weight is 336 g/mol. The SMILES string of the molecule is O=C(Cc1cccc(F)c1)NCC(C1CCOC1)N1CCOCC1. The molecule has 1 aromatic carbocycles. The summed E-state index contributed by atoms with van der Waals surface area (Å²) in [6, 6.07) is 6.46. The minimum absolute atomic E-state index is 0.0715. The molecule has 2 heterocycles. The van der Waals surface area contributed by atoms with E-state index in [1.165, 1.54) is 12.1 Å². The molecule has 24 heavy (non-hydrogen) atoms. The molecule has 2 aliphatic heterocycles. The quantitative estimate of drug-likeness (QED) is 0.849. The van der Waals surface area contributed by atoms with Gasteiger partial charge in [-0.1, -0.05) is 12.1 Å². The van der Waals surface area contributed by atoms with Gasteiger partial charge in [0.15, 0.2) is 0 Å². The largest absolute Gasteiger partial charge is 0.381 e. The molecule has 0 spiro atoms. The normalized spacial score (nSPS) is 23.1. The molecule has 2 saturated heterocycles. The topological polar surface area (TPSA) is 50.8 Å². The summed E-state index contributed by atoms with van der Waals surface area (Å²) in [5.41, 5.74) is 0.694. The second-order valence-corrected chi connectivity index (χ2v) is 6.45. The van der Waals surface area contributed by atoms with Gasteiger partial charge >= 0.3 is 0 Å². The number of morpholine rings is 1. The van der Waals surface area contributed by atoms with Gasteiger partial charge in [0.25, 0.3) is 0 Å². The first kappa shape index (κ1) is 17.3. The van der Waals surface area contributed by atoms with E-state index in [4.69, 9.17) is 9.47 Å². The summed E-state index contributed by atoms with van der Waals surface area (Å²) in [6.45, 7) is 5.40. The lowest BCUT2D eigenvalue weighted by atomic mass is 9.96. The Balaban J connectivity index is 1.55. The highest BCUT2D eigenvalue weighted by Crippen LogP contribution is 2.21. The lowest BCUT2D eigenvalue weighted by Gasteiger charge is -2.37. The minimum atomic E-state index is -0.311. The van der Waals surface area contributed by atoms with E-state index in [0.29, 0.717) is 18.0 Å². The van der Waals surface area contributed by atoms with Crippen LogP contribution in [-0.4, -0.2) is 62.9 Å². The maximum Gasteiger partial charge on any atom is 0.224 e. The zero-order chi connectivity index (χ0) is 16.8. The molecule has 2 unspecified atom stereocenters. The fraction of sp³-hybridized carbons (Fsp3) is 0.611. The van der Waals surface area contributed by atoms with E-state index in [-0.39, 0.29) is 24.2 Å². The summed E-state index contributed by atoms with van der Waals surface area (Å²) in [7, 11) is 0. The van der Waals surface area contributed by atoms with Crippen molar-refractivity contribution in [2.45, 2.75) is 18.9 Å². The summed E-state index contributed by atoms with van der Waals surface area (Å²) < 4.78 is 24.2. The van der Waals surface area contributed by atoms with Crippen LogP contribution in [0.4, 0.5) is 4.39 Å². The Morgan fingerprint density at radius 3 is 2.83 bits per heavy atom. The van der Waals surface area contributed by atoms with E-state index in [0.717, 1.165) is 45.9 Å². The Labute approximate surface area is 142 Å². The smallest absolute Gasteiger partial charge is 0.224 e. The Bertz CT molecular complexity index is 543. The summed E-state index contributed by atoms with van der Waals surface area (Å²) in [5, 5.41) is 3.03. The minimum Gasteiger partial charge on any atom is -0.381 e. The third kappa shape index (κ3) is 4.75. The number of benzene rings is 1. The second-order valence-electron chi connectivity index (χ2n) is 6.45. The molecular formula is C18H25FN2O3. The van der Waals surface area contributed by atoms with Crippen LogP contribution in [0.25, 0.3) is 0 Å². The van der Waals surface area contributed by atoms with Crippen molar-refractivity contribution < 1.29 is 18.7 Å². The summed E-state index contributed by atoms with van der Waals surface area (Å²) in [4.78, 5) is 14.6. The number of nitrogens with one attached hydrogen (secondary N) is 1. The van der Waals surface area contributed by atoms with Crippen LogP contribution in [0.15, 0.2) is 24.3 Å². The van der Waals surface area contributed by atoms with Gasteiger partial charge in [-0.05, 0) is 24.1 Å². The zero-order valence-corrected chi connectivity index (χ0v) is 13.9. The number of carbonyl (C=O) groups is 1. The molecule has 2 atom stereocenters. The Morgan fingerprint density at radius 2 is 2.12 bits per heavy atom. The first-order valence-electron chi connectivity index (χ1n) is 8.63. The molecule has 0 saturated carbocycles. The molecule has 1 N–H and O–H groups in total. The molecule has 5 nitrogen and oxygen atoms in total. The van der Waals surface area contributed by atoms with Crippen LogP contribution in [-0.2, 0) is 20.7 Å². The molecule has 0 aliphatic carbocycles. The van der Waals surface area contributed by atoms with Crippen LogP contribution in [0, 0.1) is 11.7 Å². The fourth-order valence-electron chi connectivity index (χ4n) is 3.47. The molecule has 3 rings (SSSR count). The third-order valence-electron chi connectivity index (χ3n) is 4.79. The highest BCUT2D eigenvalue weighted by molar-refractivity contribution is 5.78. The highest BCUT2D eigenvalue weighted by atomic mass is 19.1. The average Bonchev–Trinajstić information content (AvgIpc) is 3.10. The van der Waals surface area contributed by atoms with E-state index in [1.807, 2.05) is 0 Å². The van der Waals surface area contributed by atoms with Gasteiger partial charge in [0.2, 0.25) is 5.91 Å². The maximum atomic E-state index is 13.2. The molecule has 0 bridgehead atoms. The summed E-state index contributed by atoms with van der Waals surface area (Å²) in [6.07, 6.45) is 1.23. The van der Waals surface area contributed by atoms with Gasteiger partial charge in [0, 0.05) is 38.2 Å². The summed E-state index contributed by atoms with van der Waals surface area (Å²) in [5.74, 6) is 0.0601. The van der Waals surface area contributed by atoms with Gasteiger partial charge in [0.1, 0.15) is 5.82 Å². The predicted octanol–water partition coefficient (Wildman–Crippen LogP) is 1.22. The van der Waals surface area contributed by atoms with Crippen molar-refractivity contribution in [2.75, 3.05) is 46.1 Å². The number of ether oxygens (including phenoxy) is 2. The molecule has 6 heteroatoms. The summed E-state index contributed by atoms with van der Waals surface area (Å²) >= 11 is 0. The molecule has 0 aromatic heterocycles. The molecule has 2 fully saturated rings. The van der Waals surface area contributed by atoms with Crippen molar-refractivity contribution in [2.24, 2.45) is 5.92 Å². The van der Waals surface area contributed by atoms with Crippen molar-refractivity contribution in [3.05, 3.63) is 35.6 Å². The standard InChI is InChI=1S/C18H25FN2O3/c19-16-3-1-2-14(10-16)11-18(22)20-12-17(15-4-7-24-13-15)21-5-8-23-9-6-21/h1-3,10,15,17H,4-9,11-13H2,(H,20,22). The first-order valence-corrected chi connectivity index (χ1v) is 8.63. The lowest BCUT2D eigenvalue weighted by molar-refractivity contribution is -0.120. The van der Waals surface area contributed by atoms with Crippen LogP contribution in [0.2, 0.25) is 0 Å². The van der Waals surface area contributed by atoms with E-state index >= 15 is 0 Å². The number of hydrogen-bond acceptors (Lipinski definition) is 4. The van der Waals surface area contributed by atoms with Gasteiger partial charge in [-0.2, -0.15) is 0 Å². The Hall–Kier alpha value is -1.50. The highest BCUT2D eigenvalue weighted by Gasteiger charge is 2.31. The lowest BCUT2D eigenvalue weighted by Crippen LogP contribution is -2.52. The van der Waals surface area contributed by atoms with Gasteiger partial charge < -0.3 is 14.8 Å². The van der Waals surface area contributed by atoms with Gasteiger partial charge in [-0.15, -0.1) is 0 Å². The number of nitrogens with zero attached hydrogens (tertiary/aromatic N) is 1. The molecular weight excluding hydrogens is 311 g/mol. The van der Waals surface area contributed by atoms with Crippen LogP contribution in [0.1, 0.15) is 12.0 Å². The van der Waals surface area contributed by atoms with E-state index < -0.39 is 0 Å². The monoisotopic (exact) mass is 336 g/mol. The van der Waals surface area contributed by atoms with Crippen molar-refractivity contribution in [3.63, 3.8) is 0 Å². The molecule has 2 aliphatic rings. The predicted molar refractivity (Wildman–Crippen MR) is 88.2 cm³/mol. The van der Waals surface area contributed by atoms with E-state index in [1.54, 1.807) is 12.1 Å². The number of hydrogen-bond donors (Lipinski definition) is 1. The van der Waals surface area contributed by atoms with Crippen LogP contribution >= 0.6 is 0 Å². The van der Waals surface area contributed by atoms with Crippen molar-refractivity contribution in [3.8, 4) is 0 Å². The molecule has 132 valence electrons. The first-order chi connectivity index (χ1) is 11.7. The van der Waals surface area contributed by atoms with Crippen molar-refractivity contribution >= 4 is 5.91 Å². The molecule has 0 radical (unpaired) electrons. The van der Waals surface area contributed by atoms with Gasteiger partial charge in [-0.25, -0.2) is 4.39 Å². The maximum absolute atomic E-state index is 13.2. The van der Waals surface area contributed by atoms with E-state index in [9.17, 15) is 9.18 Å². The van der Waals surface area contributed by atoms with Crippen molar-refractivity contribution in [1.29, 1.82) is 0 Å². The second kappa shape index (κ2) is 8.55. The van der Waals surface area contributed by atoms with Gasteiger partial charge in [-0.3, -0.25) is 9.69 Å². The Kier molecular flexibility index (Phi) is 6.18. The van der Waals surface area contributed by atoms with Gasteiger partial charge in [0.05, 0.1) is 26.2 Å². The number of amides is 1. The Morgan fingerprint density at radius 1 is 1.29 bits per heavy atom. The number of rotatable bonds is 6. The third-order valence-corrected chi connectivity index (χ3v) is 4.79. The van der Waals surface area contributed by atoms with Crippen molar-refractivity contribution in [1.82, 2.24) is 10.2 Å². The van der Waals surface area contributed by atoms with Crippen LogP contribution < -0.4 is 5.32 Å². The fourth-order valence-corrected chi connectivity index (χ4v) is 3.47. The van der Waals surface area contributed by atoms with Crippen LogP contribution in [0.3, 0.4) is 0 Å². The number of halogens is 1. The number of carbonyl (C=O) groups excluding carboxylic acids is 1.